The molecule has 0 spiro atoms. The maximum atomic E-state index is 11.7. The van der Waals surface area contributed by atoms with Gasteiger partial charge in [0.1, 0.15) is 6.61 Å². The predicted octanol–water partition coefficient (Wildman–Crippen LogP) is -0.370. The fourth-order valence-electron chi connectivity index (χ4n) is 2.33. The Labute approximate surface area is 114 Å². The summed E-state index contributed by atoms with van der Waals surface area (Å²) in [6.07, 6.45) is 2.93. The molecule has 1 saturated heterocycles. The van der Waals surface area contributed by atoms with Gasteiger partial charge in [-0.1, -0.05) is 6.92 Å². The number of ether oxygens (including phenoxy) is 1. The number of carbonyl (C=O) groups excluding carboxylic acids is 2. The lowest BCUT2D eigenvalue weighted by molar-refractivity contribution is -0.123. The van der Waals surface area contributed by atoms with Gasteiger partial charge < -0.3 is 21.1 Å². The van der Waals surface area contributed by atoms with E-state index < -0.39 is 5.91 Å². The molecule has 110 valence electrons. The first-order valence-electron chi connectivity index (χ1n) is 6.93. The maximum absolute atomic E-state index is 11.7. The van der Waals surface area contributed by atoms with Gasteiger partial charge in [0, 0.05) is 13.0 Å². The van der Waals surface area contributed by atoms with E-state index in [0.29, 0.717) is 31.4 Å². The Hall–Kier alpha value is -1.14. The van der Waals surface area contributed by atoms with Crippen LogP contribution in [0.5, 0.6) is 0 Å². The monoisotopic (exact) mass is 271 g/mol. The van der Waals surface area contributed by atoms with Gasteiger partial charge >= 0.3 is 0 Å². The molecule has 2 amide bonds. The summed E-state index contributed by atoms with van der Waals surface area (Å²) >= 11 is 0. The van der Waals surface area contributed by atoms with Crippen molar-refractivity contribution < 1.29 is 14.3 Å². The zero-order valence-electron chi connectivity index (χ0n) is 11.6. The molecule has 4 N–H and O–H groups in total. The molecule has 1 aliphatic rings. The Balaban J connectivity index is 2.07. The Kier molecular flexibility index (Phi) is 7.43. The van der Waals surface area contributed by atoms with E-state index in [-0.39, 0.29) is 12.5 Å². The van der Waals surface area contributed by atoms with Crippen LogP contribution in [-0.4, -0.2) is 44.7 Å². The summed E-state index contributed by atoms with van der Waals surface area (Å²) in [5.41, 5.74) is 4.93. The minimum absolute atomic E-state index is 0.0424. The predicted molar refractivity (Wildman–Crippen MR) is 72.4 cm³/mol. The van der Waals surface area contributed by atoms with Crippen molar-refractivity contribution in [2.24, 2.45) is 17.6 Å². The minimum Gasteiger partial charge on any atom is -0.370 e. The highest BCUT2D eigenvalue weighted by atomic mass is 16.5. The number of nitrogens with two attached hydrogens (primary N) is 1. The van der Waals surface area contributed by atoms with Gasteiger partial charge in [0.05, 0.1) is 6.61 Å². The van der Waals surface area contributed by atoms with Gasteiger partial charge in [0.25, 0.3) is 0 Å². The first-order chi connectivity index (χ1) is 9.09. The van der Waals surface area contributed by atoms with Gasteiger partial charge in [0.2, 0.25) is 11.8 Å². The Morgan fingerprint density at radius 3 is 2.95 bits per heavy atom. The van der Waals surface area contributed by atoms with E-state index in [4.69, 9.17) is 10.5 Å². The van der Waals surface area contributed by atoms with E-state index in [1.54, 1.807) is 0 Å². The highest BCUT2D eigenvalue weighted by Crippen LogP contribution is 2.22. The van der Waals surface area contributed by atoms with Gasteiger partial charge in [-0.2, -0.15) is 0 Å². The van der Waals surface area contributed by atoms with Crippen LogP contribution in [0.1, 0.15) is 26.2 Å². The molecule has 0 bridgehead atoms. The number of nitrogens with one attached hydrogen (secondary N) is 2. The lowest BCUT2D eigenvalue weighted by Gasteiger charge is -2.28. The normalized spacial score (nSPS) is 20.8. The fraction of sp³-hybridized carbons (Fsp3) is 0.846. The Morgan fingerprint density at radius 1 is 1.53 bits per heavy atom. The van der Waals surface area contributed by atoms with Crippen molar-refractivity contribution in [3.63, 3.8) is 0 Å². The average Bonchev–Trinajstić information content (AvgIpc) is 2.39. The number of hydrogen-bond donors (Lipinski definition) is 3. The quantitative estimate of drug-likeness (QED) is 0.525. The summed E-state index contributed by atoms with van der Waals surface area (Å²) in [6, 6.07) is 0. The molecule has 1 fully saturated rings. The zero-order chi connectivity index (χ0) is 14.1. The van der Waals surface area contributed by atoms with E-state index in [0.717, 1.165) is 13.1 Å². The Bertz CT molecular complexity index is 291. The number of rotatable bonds is 8. The lowest BCUT2D eigenvalue weighted by Crippen LogP contribution is -2.36. The van der Waals surface area contributed by atoms with Gasteiger partial charge in [-0.05, 0) is 37.8 Å². The van der Waals surface area contributed by atoms with Gasteiger partial charge in [0.15, 0.2) is 0 Å². The maximum Gasteiger partial charge on any atom is 0.243 e. The molecule has 1 aliphatic heterocycles. The summed E-state index contributed by atoms with van der Waals surface area (Å²) in [6.45, 7) is 4.86. The van der Waals surface area contributed by atoms with Crippen molar-refractivity contribution in [3.8, 4) is 0 Å². The first-order valence-corrected chi connectivity index (χ1v) is 6.93. The van der Waals surface area contributed by atoms with Crippen molar-refractivity contribution in [1.29, 1.82) is 0 Å². The fourth-order valence-corrected chi connectivity index (χ4v) is 2.33. The van der Waals surface area contributed by atoms with Crippen molar-refractivity contribution in [2.45, 2.75) is 26.2 Å². The van der Waals surface area contributed by atoms with Crippen LogP contribution in [0.3, 0.4) is 0 Å². The summed E-state index contributed by atoms with van der Waals surface area (Å²) in [7, 11) is 0. The van der Waals surface area contributed by atoms with Crippen LogP contribution >= 0.6 is 0 Å². The third-order valence-corrected chi connectivity index (χ3v) is 3.46. The molecule has 19 heavy (non-hydrogen) atoms. The van der Waals surface area contributed by atoms with Crippen LogP contribution in [0, 0.1) is 11.8 Å². The van der Waals surface area contributed by atoms with E-state index in [2.05, 4.69) is 17.6 Å². The molecule has 0 aromatic heterocycles. The second kappa shape index (κ2) is 8.87. The smallest absolute Gasteiger partial charge is 0.243 e. The van der Waals surface area contributed by atoms with E-state index >= 15 is 0 Å². The van der Waals surface area contributed by atoms with Gasteiger partial charge in [-0.25, -0.2) is 0 Å². The molecule has 0 aliphatic carbocycles. The van der Waals surface area contributed by atoms with Crippen LogP contribution < -0.4 is 16.4 Å². The van der Waals surface area contributed by atoms with Crippen molar-refractivity contribution in [2.75, 3.05) is 32.8 Å². The number of piperidine rings is 1. The van der Waals surface area contributed by atoms with Gasteiger partial charge in [-0.15, -0.1) is 0 Å². The standard InChI is InChI=1S/C13H25N3O3/c1-10(11-3-2-4-15-8-11)7-13(18)16-5-6-19-9-12(14)17/h10-11,15H,2-9H2,1H3,(H2,14,17)(H,16,18). The zero-order valence-corrected chi connectivity index (χ0v) is 11.6. The third-order valence-electron chi connectivity index (χ3n) is 3.46. The molecule has 0 radical (unpaired) electrons. The molecule has 0 saturated carbocycles. The molecule has 0 aromatic carbocycles. The molecule has 1 rings (SSSR count). The van der Waals surface area contributed by atoms with Gasteiger partial charge in [-0.3, -0.25) is 9.59 Å². The second-order valence-electron chi connectivity index (χ2n) is 5.16. The molecule has 6 nitrogen and oxygen atoms in total. The van der Waals surface area contributed by atoms with E-state index in [9.17, 15) is 9.59 Å². The molecule has 0 aromatic rings. The average molecular weight is 271 g/mol. The van der Waals surface area contributed by atoms with Crippen molar-refractivity contribution in [1.82, 2.24) is 10.6 Å². The lowest BCUT2D eigenvalue weighted by atomic mass is 9.85. The molecule has 2 unspecified atom stereocenters. The van der Waals surface area contributed by atoms with Crippen LogP contribution in [0.4, 0.5) is 0 Å². The SMILES string of the molecule is CC(CC(=O)NCCOCC(N)=O)C1CCCNC1. The summed E-state index contributed by atoms with van der Waals surface area (Å²) in [5.74, 6) is 0.524. The number of primary amides is 1. The van der Waals surface area contributed by atoms with Crippen LogP contribution in [0.2, 0.25) is 0 Å². The highest BCUT2D eigenvalue weighted by Gasteiger charge is 2.21. The largest absolute Gasteiger partial charge is 0.370 e. The number of amides is 2. The van der Waals surface area contributed by atoms with Crippen molar-refractivity contribution >= 4 is 11.8 Å². The molecular weight excluding hydrogens is 246 g/mol. The summed E-state index contributed by atoms with van der Waals surface area (Å²) < 4.78 is 4.97. The third kappa shape index (κ3) is 7.12. The number of hydrogen-bond acceptors (Lipinski definition) is 4. The topological polar surface area (TPSA) is 93.4 Å². The Morgan fingerprint density at radius 2 is 2.32 bits per heavy atom. The molecular formula is C13H25N3O3. The molecule has 1 heterocycles. The highest BCUT2D eigenvalue weighted by molar-refractivity contribution is 5.76. The van der Waals surface area contributed by atoms with Crippen LogP contribution in [0.15, 0.2) is 0 Å². The van der Waals surface area contributed by atoms with E-state index in [1.165, 1.54) is 12.8 Å². The summed E-state index contributed by atoms with van der Waals surface area (Å²) in [4.78, 5) is 22.1. The van der Waals surface area contributed by atoms with Crippen molar-refractivity contribution in [3.05, 3.63) is 0 Å². The van der Waals surface area contributed by atoms with E-state index in [1.807, 2.05) is 0 Å². The minimum atomic E-state index is -0.496. The van der Waals surface area contributed by atoms with Crippen LogP contribution in [-0.2, 0) is 14.3 Å². The molecule has 6 heteroatoms. The summed E-state index contributed by atoms with van der Waals surface area (Å²) in [5, 5.41) is 6.15. The molecule has 2 atom stereocenters. The first kappa shape index (κ1) is 15.9. The second-order valence-corrected chi connectivity index (χ2v) is 5.16. The van der Waals surface area contributed by atoms with Crippen LogP contribution in [0.25, 0.3) is 0 Å². The number of carbonyl (C=O) groups is 2.